The molecule has 1 heterocycles. The van der Waals surface area contributed by atoms with Crippen molar-refractivity contribution in [2.24, 2.45) is 5.10 Å². The molecule has 18 heavy (non-hydrogen) atoms. The summed E-state index contributed by atoms with van der Waals surface area (Å²) in [6.45, 7) is 0. The Kier molecular flexibility index (Phi) is 2.96. The van der Waals surface area contributed by atoms with Crippen LogP contribution in [0.1, 0.15) is 11.1 Å². The predicted octanol–water partition coefficient (Wildman–Crippen LogP) is 1.16. The number of hydrogen-bond acceptors (Lipinski definition) is 5. The lowest BCUT2D eigenvalue weighted by Crippen LogP contribution is -2.04. The molecule has 0 atom stereocenters. The Balaban J connectivity index is 2.16. The van der Waals surface area contributed by atoms with Crippen LogP contribution >= 0.6 is 0 Å². The maximum Gasteiger partial charge on any atom is 0.416 e. The first-order valence-electron chi connectivity index (χ1n) is 4.72. The van der Waals surface area contributed by atoms with Crippen LogP contribution in [0.2, 0.25) is 0 Å². The quantitative estimate of drug-likeness (QED) is 0.817. The largest absolute Gasteiger partial charge is 0.416 e. The minimum absolute atomic E-state index is 0.0156. The van der Waals surface area contributed by atoms with Crippen LogP contribution < -0.4 is 5.73 Å². The summed E-state index contributed by atoms with van der Waals surface area (Å²) in [5.74, 6) is -0.0156. The van der Waals surface area contributed by atoms with Crippen molar-refractivity contribution in [2.45, 2.75) is 6.18 Å². The average Bonchev–Trinajstić information content (AvgIpc) is 2.72. The maximum atomic E-state index is 12.3. The first kappa shape index (κ1) is 12.0. The van der Waals surface area contributed by atoms with Gasteiger partial charge in [0.15, 0.2) is 0 Å². The van der Waals surface area contributed by atoms with E-state index < -0.39 is 11.7 Å². The van der Waals surface area contributed by atoms with Gasteiger partial charge in [-0.3, -0.25) is 0 Å². The van der Waals surface area contributed by atoms with Gasteiger partial charge in [0.25, 0.3) is 5.95 Å². The minimum atomic E-state index is -4.35. The maximum absolute atomic E-state index is 12.3. The smallest absolute Gasteiger partial charge is 0.365 e. The molecule has 0 radical (unpaired) electrons. The second kappa shape index (κ2) is 4.43. The second-order valence-corrected chi connectivity index (χ2v) is 3.29. The zero-order valence-electron chi connectivity index (χ0n) is 8.83. The van der Waals surface area contributed by atoms with Crippen molar-refractivity contribution in [3.63, 3.8) is 0 Å². The third kappa shape index (κ3) is 2.62. The Morgan fingerprint density at radius 1 is 1.22 bits per heavy atom. The summed E-state index contributed by atoms with van der Waals surface area (Å²) in [6, 6.07) is 4.49. The number of hydrogen-bond donors (Lipinski definition) is 1. The SMILES string of the molecule is Nc1nnnn1/N=C\c1ccc(C(F)(F)F)cc1. The van der Waals surface area contributed by atoms with Crippen molar-refractivity contribution in [1.82, 2.24) is 20.3 Å². The number of nitrogen functional groups attached to an aromatic ring is 1. The topological polar surface area (TPSA) is 82.0 Å². The van der Waals surface area contributed by atoms with E-state index in [1.54, 1.807) is 0 Å². The van der Waals surface area contributed by atoms with Crippen molar-refractivity contribution in [3.05, 3.63) is 35.4 Å². The molecule has 1 aromatic heterocycles. The molecule has 1 aromatic carbocycles. The lowest BCUT2D eigenvalue weighted by molar-refractivity contribution is -0.137. The van der Waals surface area contributed by atoms with Gasteiger partial charge in [-0.2, -0.15) is 18.3 Å². The number of benzene rings is 1. The molecule has 0 saturated carbocycles. The van der Waals surface area contributed by atoms with E-state index in [9.17, 15) is 13.2 Å². The van der Waals surface area contributed by atoms with Crippen LogP contribution in [0.3, 0.4) is 0 Å². The highest BCUT2D eigenvalue weighted by Gasteiger charge is 2.29. The van der Waals surface area contributed by atoms with Crippen molar-refractivity contribution < 1.29 is 13.2 Å². The van der Waals surface area contributed by atoms with E-state index in [0.717, 1.165) is 16.9 Å². The van der Waals surface area contributed by atoms with Gasteiger partial charge < -0.3 is 5.73 Å². The standard InChI is InChI=1S/C9H7F3N6/c10-9(11,12)7-3-1-6(2-4-7)5-14-18-8(13)15-16-17-18/h1-5H,(H2,13,15,17)/b14-5-. The summed E-state index contributed by atoms with van der Waals surface area (Å²) in [4.78, 5) is 0.956. The van der Waals surface area contributed by atoms with Crippen LogP contribution in [0.15, 0.2) is 29.4 Å². The van der Waals surface area contributed by atoms with E-state index in [1.807, 2.05) is 0 Å². The molecule has 0 amide bonds. The molecule has 0 bridgehead atoms. The summed E-state index contributed by atoms with van der Waals surface area (Å²) < 4.78 is 36.9. The fourth-order valence-corrected chi connectivity index (χ4v) is 1.15. The summed E-state index contributed by atoms with van der Waals surface area (Å²) in [5, 5.41) is 13.9. The van der Waals surface area contributed by atoms with E-state index >= 15 is 0 Å². The number of tetrazole rings is 1. The summed E-state index contributed by atoms with van der Waals surface area (Å²) >= 11 is 0. The van der Waals surface area contributed by atoms with Crippen LogP contribution in [0.25, 0.3) is 0 Å². The lowest BCUT2D eigenvalue weighted by Gasteiger charge is -2.05. The van der Waals surface area contributed by atoms with Crippen LogP contribution in [0.4, 0.5) is 19.1 Å². The molecule has 0 aliphatic carbocycles. The van der Waals surface area contributed by atoms with Crippen LogP contribution in [0, 0.1) is 0 Å². The molecule has 0 aliphatic heterocycles. The first-order chi connectivity index (χ1) is 8.47. The summed E-state index contributed by atoms with van der Waals surface area (Å²) in [5.41, 5.74) is 5.10. The number of halogens is 3. The molecule has 0 fully saturated rings. The monoisotopic (exact) mass is 256 g/mol. The Labute approximate surface area is 98.9 Å². The number of anilines is 1. The predicted molar refractivity (Wildman–Crippen MR) is 56.7 cm³/mol. The van der Waals surface area contributed by atoms with Gasteiger partial charge in [-0.1, -0.05) is 22.0 Å². The normalized spacial score (nSPS) is 12.2. The van der Waals surface area contributed by atoms with E-state index in [-0.39, 0.29) is 5.95 Å². The van der Waals surface area contributed by atoms with Crippen LogP contribution in [-0.2, 0) is 6.18 Å². The third-order valence-electron chi connectivity index (χ3n) is 2.03. The molecule has 94 valence electrons. The molecule has 0 spiro atoms. The molecule has 0 saturated heterocycles. The van der Waals surface area contributed by atoms with Crippen molar-refractivity contribution in [1.29, 1.82) is 0 Å². The molecule has 2 N–H and O–H groups in total. The number of aromatic nitrogens is 4. The Hall–Kier alpha value is -2.45. The lowest BCUT2D eigenvalue weighted by atomic mass is 10.1. The third-order valence-corrected chi connectivity index (χ3v) is 2.03. The number of rotatable bonds is 2. The van der Waals surface area contributed by atoms with Crippen molar-refractivity contribution in [2.75, 3.05) is 5.73 Å². The van der Waals surface area contributed by atoms with Gasteiger partial charge in [0.1, 0.15) is 0 Å². The van der Waals surface area contributed by atoms with Gasteiger partial charge in [-0.05, 0) is 28.1 Å². The molecule has 9 heteroatoms. The van der Waals surface area contributed by atoms with Gasteiger partial charge in [0.05, 0.1) is 11.8 Å². The molecule has 0 aliphatic rings. The number of nitrogens with two attached hydrogens (primary N) is 1. The average molecular weight is 256 g/mol. The van der Waals surface area contributed by atoms with Crippen LogP contribution in [-0.4, -0.2) is 26.5 Å². The zero-order chi connectivity index (χ0) is 13.2. The molecular weight excluding hydrogens is 249 g/mol. The zero-order valence-corrected chi connectivity index (χ0v) is 8.83. The fourth-order valence-electron chi connectivity index (χ4n) is 1.15. The van der Waals surface area contributed by atoms with E-state index in [4.69, 9.17) is 5.73 Å². The molecule has 2 rings (SSSR count). The molecular formula is C9H7F3N6. The van der Waals surface area contributed by atoms with E-state index in [0.29, 0.717) is 5.56 Å². The highest BCUT2D eigenvalue weighted by molar-refractivity contribution is 5.79. The minimum Gasteiger partial charge on any atom is -0.365 e. The second-order valence-electron chi connectivity index (χ2n) is 3.29. The van der Waals surface area contributed by atoms with Crippen LogP contribution in [0.5, 0.6) is 0 Å². The van der Waals surface area contributed by atoms with E-state index in [1.165, 1.54) is 18.3 Å². The Bertz CT molecular complexity index is 556. The Morgan fingerprint density at radius 3 is 2.39 bits per heavy atom. The van der Waals surface area contributed by atoms with Crippen molar-refractivity contribution >= 4 is 12.2 Å². The molecule has 6 nitrogen and oxygen atoms in total. The molecule has 0 unspecified atom stereocenters. The summed E-state index contributed by atoms with van der Waals surface area (Å²) in [6.07, 6.45) is -3.05. The molecule has 2 aromatic rings. The van der Waals surface area contributed by atoms with Gasteiger partial charge >= 0.3 is 6.18 Å². The van der Waals surface area contributed by atoms with Gasteiger partial charge in [-0.15, -0.1) is 0 Å². The fraction of sp³-hybridized carbons (Fsp3) is 0.111. The number of alkyl halides is 3. The van der Waals surface area contributed by atoms with Gasteiger partial charge in [0.2, 0.25) is 0 Å². The van der Waals surface area contributed by atoms with Gasteiger partial charge in [-0.25, -0.2) is 0 Å². The summed E-state index contributed by atoms with van der Waals surface area (Å²) in [7, 11) is 0. The van der Waals surface area contributed by atoms with Gasteiger partial charge in [0, 0.05) is 0 Å². The number of nitrogens with zero attached hydrogens (tertiary/aromatic N) is 5. The highest BCUT2D eigenvalue weighted by Crippen LogP contribution is 2.28. The van der Waals surface area contributed by atoms with Crippen molar-refractivity contribution in [3.8, 4) is 0 Å². The van der Waals surface area contributed by atoms with E-state index in [2.05, 4.69) is 20.6 Å². The highest BCUT2D eigenvalue weighted by atomic mass is 19.4. The first-order valence-corrected chi connectivity index (χ1v) is 4.72. The Morgan fingerprint density at radius 2 is 1.89 bits per heavy atom.